The van der Waals surface area contributed by atoms with Crippen LogP contribution in [0.25, 0.3) is 0 Å². The van der Waals surface area contributed by atoms with Gasteiger partial charge in [-0.25, -0.2) is 0 Å². The summed E-state index contributed by atoms with van der Waals surface area (Å²) >= 11 is 0. The number of nitrogens with one attached hydrogen (secondary N) is 1. The molecule has 1 atom stereocenters. The molecule has 0 saturated carbocycles. The number of H-pyrrole nitrogens is 1. The fourth-order valence-electron chi connectivity index (χ4n) is 2.83. The molecule has 5 nitrogen and oxygen atoms in total. The molecule has 0 radical (unpaired) electrons. The van der Waals surface area contributed by atoms with Crippen LogP contribution in [0.4, 0.5) is 0 Å². The summed E-state index contributed by atoms with van der Waals surface area (Å²) in [6.45, 7) is 2.53. The van der Waals surface area contributed by atoms with Crippen molar-refractivity contribution >= 4 is 5.91 Å². The molecule has 1 aliphatic heterocycles. The van der Waals surface area contributed by atoms with E-state index in [0.717, 1.165) is 12.0 Å². The van der Waals surface area contributed by atoms with Gasteiger partial charge in [-0.15, -0.1) is 0 Å². The van der Waals surface area contributed by atoms with E-state index in [-0.39, 0.29) is 17.0 Å². The van der Waals surface area contributed by atoms with Crippen LogP contribution in [0.3, 0.4) is 0 Å². The lowest BCUT2D eigenvalue weighted by Gasteiger charge is -2.16. The van der Waals surface area contributed by atoms with Crippen LogP contribution < -0.4 is 5.56 Å². The van der Waals surface area contributed by atoms with Crippen LogP contribution in [0.15, 0.2) is 53.5 Å². The molecule has 0 aliphatic carbocycles. The highest BCUT2D eigenvalue weighted by atomic mass is 16.5. The number of carbonyl (C=O) groups excluding carboxylic acids is 1. The van der Waals surface area contributed by atoms with Crippen LogP contribution in [-0.2, 0) is 11.3 Å². The number of likely N-dealkylation sites (tertiary alicyclic amines) is 1. The van der Waals surface area contributed by atoms with E-state index < -0.39 is 0 Å². The summed E-state index contributed by atoms with van der Waals surface area (Å²) in [4.78, 5) is 28.4. The van der Waals surface area contributed by atoms with Crippen molar-refractivity contribution in [3.63, 3.8) is 0 Å². The Bertz CT molecular complexity index is 711. The van der Waals surface area contributed by atoms with Crippen LogP contribution in [0.2, 0.25) is 0 Å². The fourth-order valence-corrected chi connectivity index (χ4v) is 2.83. The van der Waals surface area contributed by atoms with Crippen LogP contribution in [0.5, 0.6) is 0 Å². The van der Waals surface area contributed by atoms with E-state index in [1.54, 1.807) is 17.0 Å². The predicted octanol–water partition coefficient (Wildman–Crippen LogP) is 2.05. The number of aromatic amines is 1. The third-order valence-electron chi connectivity index (χ3n) is 4.09. The minimum absolute atomic E-state index is 0.197. The molecule has 3 rings (SSSR count). The summed E-state index contributed by atoms with van der Waals surface area (Å²) < 4.78 is 5.76. The molecule has 23 heavy (non-hydrogen) atoms. The molecule has 5 heteroatoms. The lowest BCUT2D eigenvalue weighted by atomic mass is 10.1. The summed E-state index contributed by atoms with van der Waals surface area (Å²) in [5.41, 5.74) is 1.02. The van der Waals surface area contributed by atoms with E-state index in [2.05, 4.69) is 4.98 Å². The number of pyridine rings is 1. The maximum atomic E-state index is 12.4. The first kappa shape index (κ1) is 15.5. The Hall–Kier alpha value is -2.40. The first-order chi connectivity index (χ1) is 11.2. The van der Waals surface area contributed by atoms with Crippen molar-refractivity contribution in [1.82, 2.24) is 9.88 Å². The molecular weight excluding hydrogens is 292 g/mol. The van der Waals surface area contributed by atoms with Gasteiger partial charge in [-0.05, 0) is 24.1 Å². The highest BCUT2D eigenvalue weighted by Crippen LogP contribution is 2.18. The van der Waals surface area contributed by atoms with Crippen molar-refractivity contribution in [2.75, 3.05) is 19.7 Å². The Morgan fingerprint density at radius 1 is 1.22 bits per heavy atom. The topological polar surface area (TPSA) is 62.4 Å². The lowest BCUT2D eigenvalue weighted by molar-refractivity contribution is 0.0731. The van der Waals surface area contributed by atoms with Crippen LogP contribution in [0, 0.1) is 5.92 Å². The van der Waals surface area contributed by atoms with Gasteiger partial charge in [0, 0.05) is 25.2 Å². The van der Waals surface area contributed by atoms with Crippen LogP contribution in [-0.4, -0.2) is 35.5 Å². The van der Waals surface area contributed by atoms with Gasteiger partial charge in [0.15, 0.2) is 0 Å². The van der Waals surface area contributed by atoms with Gasteiger partial charge in [0.2, 0.25) is 0 Å². The minimum atomic E-state index is -0.332. The van der Waals surface area contributed by atoms with Gasteiger partial charge in [-0.1, -0.05) is 30.3 Å². The molecule has 1 aromatic heterocycles. The molecule has 1 aliphatic rings. The maximum absolute atomic E-state index is 12.4. The lowest BCUT2D eigenvalue weighted by Crippen LogP contribution is -2.33. The molecule has 1 aromatic carbocycles. The van der Waals surface area contributed by atoms with Gasteiger partial charge in [0.25, 0.3) is 11.5 Å². The zero-order chi connectivity index (χ0) is 16.1. The normalized spacial score (nSPS) is 17.4. The molecule has 120 valence electrons. The van der Waals surface area contributed by atoms with Crippen molar-refractivity contribution in [3.05, 3.63) is 70.1 Å². The van der Waals surface area contributed by atoms with E-state index in [4.69, 9.17) is 4.74 Å². The van der Waals surface area contributed by atoms with E-state index in [9.17, 15) is 9.59 Å². The molecule has 1 fully saturated rings. The van der Waals surface area contributed by atoms with E-state index in [1.807, 2.05) is 30.3 Å². The summed E-state index contributed by atoms with van der Waals surface area (Å²) in [7, 11) is 0. The van der Waals surface area contributed by atoms with E-state index in [0.29, 0.717) is 32.2 Å². The molecule has 1 amide bonds. The van der Waals surface area contributed by atoms with Gasteiger partial charge in [-0.3, -0.25) is 9.59 Å². The van der Waals surface area contributed by atoms with E-state index in [1.165, 1.54) is 6.20 Å². The number of hydrogen-bond acceptors (Lipinski definition) is 3. The Morgan fingerprint density at radius 2 is 2.04 bits per heavy atom. The van der Waals surface area contributed by atoms with Crippen LogP contribution in [0.1, 0.15) is 22.3 Å². The second-order valence-electron chi connectivity index (χ2n) is 5.82. The number of rotatable bonds is 5. The second kappa shape index (κ2) is 7.24. The van der Waals surface area contributed by atoms with Gasteiger partial charge in [0.05, 0.1) is 13.2 Å². The highest BCUT2D eigenvalue weighted by Gasteiger charge is 2.28. The standard InChI is InChI=1S/C18H20N2O3/c21-17-16(7-4-9-19-17)18(22)20-10-8-15(11-20)13-23-12-14-5-2-1-3-6-14/h1-7,9,15H,8,10-13H2,(H,19,21)/t15-/m0/s1. The van der Waals surface area contributed by atoms with Gasteiger partial charge in [-0.2, -0.15) is 0 Å². The molecule has 1 saturated heterocycles. The number of carbonyl (C=O) groups is 1. The second-order valence-corrected chi connectivity index (χ2v) is 5.82. The number of aromatic nitrogens is 1. The molecule has 2 heterocycles. The van der Waals surface area contributed by atoms with Crippen molar-refractivity contribution in [1.29, 1.82) is 0 Å². The van der Waals surface area contributed by atoms with Crippen molar-refractivity contribution in [2.45, 2.75) is 13.0 Å². The summed E-state index contributed by atoms with van der Waals surface area (Å²) in [6.07, 6.45) is 2.44. The molecular formula is C18H20N2O3. The number of ether oxygens (including phenoxy) is 1. The quantitative estimate of drug-likeness (QED) is 0.919. The van der Waals surface area contributed by atoms with Crippen molar-refractivity contribution in [2.24, 2.45) is 5.92 Å². The first-order valence-corrected chi connectivity index (χ1v) is 7.82. The predicted molar refractivity (Wildman–Crippen MR) is 87.2 cm³/mol. The van der Waals surface area contributed by atoms with E-state index >= 15 is 0 Å². The summed E-state index contributed by atoms with van der Waals surface area (Å²) in [5.74, 6) is 0.128. The molecule has 2 aromatic rings. The van der Waals surface area contributed by atoms with Crippen molar-refractivity contribution < 1.29 is 9.53 Å². The Morgan fingerprint density at radius 3 is 2.83 bits per heavy atom. The van der Waals surface area contributed by atoms with Gasteiger partial charge < -0.3 is 14.6 Å². The average Bonchev–Trinajstić information content (AvgIpc) is 3.05. The Labute approximate surface area is 134 Å². The third kappa shape index (κ3) is 3.87. The fraction of sp³-hybridized carbons (Fsp3) is 0.333. The highest BCUT2D eigenvalue weighted by molar-refractivity contribution is 5.93. The Kier molecular flexibility index (Phi) is 4.88. The number of nitrogens with zero attached hydrogens (tertiary/aromatic N) is 1. The van der Waals surface area contributed by atoms with Crippen molar-refractivity contribution in [3.8, 4) is 0 Å². The summed E-state index contributed by atoms with van der Waals surface area (Å²) in [5, 5.41) is 0. The first-order valence-electron chi connectivity index (χ1n) is 7.82. The smallest absolute Gasteiger partial charge is 0.260 e. The SMILES string of the molecule is O=C(c1ccc[nH]c1=O)N1CC[C@H](COCc2ccccc2)C1. The van der Waals surface area contributed by atoms with Gasteiger partial charge >= 0.3 is 0 Å². The van der Waals surface area contributed by atoms with Gasteiger partial charge in [0.1, 0.15) is 5.56 Å². The Balaban J connectivity index is 1.50. The number of amides is 1. The molecule has 0 bridgehead atoms. The minimum Gasteiger partial charge on any atom is -0.376 e. The number of hydrogen-bond donors (Lipinski definition) is 1. The average molecular weight is 312 g/mol. The largest absolute Gasteiger partial charge is 0.376 e. The molecule has 0 spiro atoms. The third-order valence-corrected chi connectivity index (χ3v) is 4.09. The zero-order valence-corrected chi connectivity index (χ0v) is 12.9. The number of benzene rings is 1. The molecule has 1 N–H and O–H groups in total. The molecule has 0 unspecified atom stereocenters. The maximum Gasteiger partial charge on any atom is 0.260 e. The summed E-state index contributed by atoms with van der Waals surface area (Å²) in [6, 6.07) is 13.3. The van der Waals surface area contributed by atoms with Crippen LogP contribution >= 0.6 is 0 Å². The monoisotopic (exact) mass is 312 g/mol. The zero-order valence-electron chi connectivity index (χ0n) is 12.9.